The molecule has 2 saturated carbocycles. The van der Waals surface area contributed by atoms with Crippen LogP contribution in [-0.2, 0) is 0 Å². The molecule has 0 heterocycles. The summed E-state index contributed by atoms with van der Waals surface area (Å²) in [5.74, 6) is 0.851. The van der Waals surface area contributed by atoms with Gasteiger partial charge < -0.3 is 5.32 Å². The smallest absolute Gasteiger partial charge is 0.0648 e. The van der Waals surface area contributed by atoms with E-state index in [0.29, 0.717) is 16.9 Å². The van der Waals surface area contributed by atoms with Crippen molar-refractivity contribution < 1.29 is 0 Å². The Hall–Kier alpha value is -0.210. The molecule has 19 heavy (non-hydrogen) atoms. The summed E-state index contributed by atoms with van der Waals surface area (Å²) in [7, 11) is 0. The number of halogens is 2. The molecule has 3 unspecified atom stereocenters. The van der Waals surface area contributed by atoms with E-state index in [1.165, 1.54) is 19.3 Å². The van der Waals surface area contributed by atoms with E-state index in [0.717, 1.165) is 21.1 Å². The number of rotatable bonds is 2. The van der Waals surface area contributed by atoms with Crippen LogP contribution in [-0.4, -0.2) is 6.04 Å². The molecule has 0 saturated heterocycles. The molecule has 0 spiro atoms. The number of hydrogen-bond donors (Lipinski definition) is 1. The van der Waals surface area contributed by atoms with Crippen LogP contribution in [0.2, 0.25) is 5.02 Å². The van der Waals surface area contributed by atoms with Gasteiger partial charge in [0.2, 0.25) is 0 Å². The summed E-state index contributed by atoms with van der Waals surface area (Å²) in [6, 6.07) is 6.61. The summed E-state index contributed by atoms with van der Waals surface area (Å²) in [5.41, 5.74) is 1.84. The van der Waals surface area contributed by atoms with Crippen molar-refractivity contribution in [3.63, 3.8) is 0 Å². The summed E-state index contributed by atoms with van der Waals surface area (Å²) >= 11 is 9.82. The van der Waals surface area contributed by atoms with E-state index in [-0.39, 0.29) is 0 Å². The van der Waals surface area contributed by atoms with Gasteiger partial charge in [-0.15, -0.1) is 0 Å². The topological polar surface area (TPSA) is 12.0 Å². The molecule has 0 radical (unpaired) electrons. The molecule has 104 valence electrons. The minimum atomic E-state index is 0.351. The molecule has 2 aliphatic rings. The Balaban J connectivity index is 1.90. The van der Waals surface area contributed by atoms with Gasteiger partial charge in [0.15, 0.2) is 0 Å². The third kappa shape index (κ3) is 2.12. The van der Waals surface area contributed by atoms with Crippen LogP contribution in [0.25, 0.3) is 0 Å². The highest BCUT2D eigenvalue weighted by Crippen LogP contribution is 2.63. The van der Waals surface area contributed by atoms with E-state index in [1.54, 1.807) is 0 Å². The standard InChI is InChI=1S/C16H21BrClN/c1-15(2)10-6-7-16(3,9-10)14(15)19-13-5-4-11(17)8-12(13)18/h4-5,8,10,14,19H,6-7,9H2,1-3H3. The Morgan fingerprint density at radius 1 is 1.32 bits per heavy atom. The maximum absolute atomic E-state index is 6.36. The summed E-state index contributed by atoms with van der Waals surface area (Å²) in [6.45, 7) is 7.26. The summed E-state index contributed by atoms with van der Waals surface area (Å²) in [4.78, 5) is 0. The molecule has 2 bridgehead atoms. The molecule has 2 fully saturated rings. The van der Waals surface area contributed by atoms with Gasteiger partial charge in [-0.2, -0.15) is 0 Å². The van der Waals surface area contributed by atoms with Crippen LogP contribution >= 0.6 is 27.5 Å². The van der Waals surface area contributed by atoms with Crippen molar-refractivity contribution in [2.75, 3.05) is 5.32 Å². The summed E-state index contributed by atoms with van der Waals surface area (Å²) < 4.78 is 1.03. The third-order valence-electron chi connectivity index (χ3n) is 5.50. The molecular weight excluding hydrogens is 322 g/mol. The highest BCUT2D eigenvalue weighted by molar-refractivity contribution is 9.10. The van der Waals surface area contributed by atoms with E-state index < -0.39 is 0 Å². The first-order valence-electron chi connectivity index (χ1n) is 7.04. The first kappa shape index (κ1) is 13.8. The maximum Gasteiger partial charge on any atom is 0.0648 e. The molecular formula is C16H21BrClN. The van der Waals surface area contributed by atoms with Crippen molar-refractivity contribution in [3.05, 3.63) is 27.7 Å². The van der Waals surface area contributed by atoms with E-state index in [4.69, 9.17) is 11.6 Å². The van der Waals surface area contributed by atoms with Crippen molar-refractivity contribution in [2.24, 2.45) is 16.7 Å². The van der Waals surface area contributed by atoms with Crippen LogP contribution < -0.4 is 5.32 Å². The number of fused-ring (bicyclic) bond motifs is 2. The Kier molecular flexibility index (Phi) is 3.18. The van der Waals surface area contributed by atoms with Gasteiger partial charge in [-0.25, -0.2) is 0 Å². The van der Waals surface area contributed by atoms with Gasteiger partial charge in [-0.1, -0.05) is 48.3 Å². The minimum absolute atomic E-state index is 0.351. The van der Waals surface area contributed by atoms with Crippen LogP contribution in [0.3, 0.4) is 0 Å². The van der Waals surface area contributed by atoms with Crippen LogP contribution in [0, 0.1) is 16.7 Å². The maximum atomic E-state index is 6.36. The van der Waals surface area contributed by atoms with E-state index in [2.05, 4.69) is 54.2 Å². The van der Waals surface area contributed by atoms with Crippen molar-refractivity contribution in [3.8, 4) is 0 Å². The minimum Gasteiger partial charge on any atom is -0.380 e. The van der Waals surface area contributed by atoms with Crippen LogP contribution in [0.15, 0.2) is 22.7 Å². The molecule has 1 aromatic carbocycles. The van der Waals surface area contributed by atoms with Crippen LogP contribution in [0.1, 0.15) is 40.0 Å². The van der Waals surface area contributed by atoms with Gasteiger partial charge >= 0.3 is 0 Å². The summed E-state index contributed by atoms with van der Waals surface area (Å²) in [6.07, 6.45) is 4.08. The van der Waals surface area contributed by atoms with Gasteiger partial charge in [0, 0.05) is 10.5 Å². The Bertz CT molecular complexity index is 509. The molecule has 0 amide bonds. The lowest BCUT2D eigenvalue weighted by molar-refractivity contribution is 0.155. The average molecular weight is 343 g/mol. The molecule has 1 aromatic rings. The fourth-order valence-electron chi connectivity index (χ4n) is 4.42. The molecule has 2 aliphatic carbocycles. The fraction of sp³-hybridized carbons (Fsp3) is 0.625. The second kappa shape index (κ2) is 4.39. The largest absolute Gasteiger partial charge is 0.380 e. The Labute approximate surface area is 129 Å². The zero-order valence-electron chi connectivity index (χ0n) is 11.8. The SMILES string of the molecule is CC12CCC(C1)C(C)(C)C2Nc1ccc(Br)cc1Cl. The van der Waals surface area contributed by atoms with Gasteiger partial charge in [-0.05, 0) is 54.2 Å². The lowest BCUT2D eigenvalue weighted by atomic mass is 9.68. The number of benzene rings is 1. The highest BCUT2D eigenvalue weighted by Gasteiger charge is 2.59. The normalized spacial score (nSPS) is 35.6. The molecule has 1 N–H and O–H groups in total. The van der Waals surface area contributed by atoms with Gasteiger partial charge in [0.1, 0.15) is 0 Å². The van der Waals surface area contributed by atoms with E-state index in [9.17, 15) is 0 Å². The van der Waals surface area contributed by atoms with Crippen LogP contribution in [0.5, 0.6) is 0 Å². The first-order chi connectivity index (χ1) is 8.83. The zero-order chi connectivity index (χ0) is 13.8. The Morgan fingerprint density at radius 3 is 2.63 bits per heavy atom. The van der Waals surface area contributed by atoms with Crippen LogP contribution in [0.4, 0.5) is 5.69 Å². The average Bonchev–Trinajstić information content (AvgIpc) is 2.78. The summed E-state index contributed by atoms with van der Waals surface area (Å²) in [5, 5.41) is 4.55. The van der Waals surface area contributed by atoms with Gasteiger partial charge in [0.05, 0.1) is 10.7 Å². The monoisotopic (exact) mass is 341 g/mol. The number of nitrogens with one attached hydrogen (secondary N) is 1. The van der Waals surface area contributed by atoms with Crippen molar-refractivity contribution in [2.45, 2.75) is 46.1 Å². The molecule has 3 atom stereocenters. The second-order valence-electron chi connectivity index (χ2n) is 7.12. The van der Waals surface area contributed by atoms with E-state index >= 15 is 0 Å². The van der Waals surface area contributed by atoms with Gasteiger partial charge in [0.25, 0.3) is 0 Å². The predicted molar refractivity (Wildman–Crippen MR) is 85.8 cm³/mol. The van der Waals surface area contributed by atoms with Crippen molar-refractivity contribution >= 4 is 33.2 Å². The van der Waals surface area contributed by atoms with Gasteiger partial charge in [-0.3, -0.25) is 0 Å². The quantitative estimate of drug-likeness (QED) is 0.723. The zero-order valence-corrected chi connectivity index (χ0v) is 14.1. The van der Waals surface area contributed by atoms with E-state index in [1.807, 2.05) is 6.07 Å². The third-order valence-corrected chi connectivity index (χ3v) is 6.31. The highest BCUT2D eigenvalue weighted by atomic mass is 79.9. The molecule has 1 nitrogen and oxygen atoms in total. The first-order valence-corrected chi connectivity index (χ1v) is 8.22. The molecule has 3 heteroatoms. The lowest BCUT2D eigenvalue weighted by Crippen LogP contribution is -2.45. The lowest BCUT2D eigenvalue weighted by Gasteiger charge is -2.43. The van der Waals surface area contributed by atoms with Crippen molar-refractivity contribution in [1.82, 2.24) is 0 Å². The van der Waals surface area contributed by atoms with Crippen molar-refractivity contribution in [1.29, 1.82) is 0 Å². The predicted octanol–water partition coefficient (Wildman–Crippen LogP) is 5.73. The molecule has 0 aromatic heterocycles. The molecule has 0 aliphatic heterocycles. The molecule has 3 rings (SSSR count). The second-order valence-corrected chi connectivity index (χ2v) is 8.44. The fourth-order valence-corrected chi connectivity index (χ4v) is 5.15. The Morgan fingerprint density at radius 2 is 2.05 bits per heavy atom. The number of anilines is 1. The number of hydrogen-bond acceptors (Lipinski definition) is 1.